The van der Waals surface area contributed by atoms with Crippen molar-refractivity contribution in [1.29, 1.82) is 0 Å². The Morgan fingerprint density at radius 1 is 1.03 bits per heavy atom. The second kappa shape index (κ2) is 10.8. The molecule has 3 fully saturated rings. The molecule has 10 unspecified atom stereocenters. The highest BCUT2D eigenvalue weighted by Crippen LogP contribution is 2.63. The molecule has 198 valence electrons. The summed E-state index contributed by atoms with van der Waals surface area (Å²) in [7, 11) is 0. The van der Waals surface area contributed by atoms with Crippen molar-refractivity contribution < 1.29 is 40.1 Å². The molecule has 6 N–H and O–H groups in total. The fourth-order valence-corrected chi connectivity index (χ4v) is 7.36. The Balaban J connectivity index is 1.76. The van der Waals surface area contributed by atoms with E-state index in [1.165, 1.54) is 0 Å². The molecule has 0 aromatic rings. The maximum absolute atomic E-state index is 11.4. The first-order valence-electron chi connectivity index (χ1n) is 12.8. The van der Waals surface area contributed by atoms with E-state index in [1.54, 1.807) is 0 Å². The summed E-state index contributed by atoms with van der Waals surface area (Å²) in [4.78, 5) is 0. The van der Waals surface area contributed by atoms with E-state index in [0.717, 1.165) is 44.1 Å². The minimum absolute atomic E-state index is 0.0279. The summed E-state index contributed by atoms with van der Waals surface area (Å²) in [6.45, 7) is 8.34. The molecule has 2 saturated carbocycles. The van der Waals surface area contributed by atoms with E-state index < -0.39 is 42.9 Å². The number of rotatable bonds is 8. The Kier molecular flexibility index (Phi) is 8.90. The SMILES string of the molecule is CC(=CCO)CCC1C(C)(O)CCC2C(C)(COC3OC(CO)C(O)C(O)C3O)CCCC12C. The maximum Gasteiger partial charge on any atom is 0.186 e. The number of aliphatic hydroxyl groups is 6. The molecule has 1 saturated heterocycles. The van der Waals surface area contributed by atoms with Crippen LogP contribution in [0.3, 0.4) is 0 Å². The summed E-state index contributed by atoms with van der Waals surface area (Å²) in [6, 6.07) is 0. The van der Waals surface area contributed by atoms with Gasteiger partial charge in [-0.05, 0) is 75.0 Å². The van der Waals surface area contributed by atoms with Gasteiger partial charge in [-0.25, -0.2) is 0 Å². The molecule has 3 rings (SSSR count). The summed E-state index contributed by atoms with van der Waals surface area (Å²) < 4.78 is 11.6. The summed E-state index contributed by atoms with van der Waals surface area (Å²) in [5.41, 5.74) is 0.0681. The van der Waals surface area contributed by atoms with Crippen molar-refractivity contribution in [3.63, 3.8) is 0 Å². The average Bonchev–Trinajstić information content (AvgIpc) is 2.76. The molecule has 10 atom stereocenters. The van der Waals surface area contributed by atoms with Gasteiger partial charge in [-0.15, -0.1) is 0 Å². The van der Waals surface area contributed by atoms with Crippen LogP contribution in [0.1, 0.15) is 72.6 Å². The van der Waals surface area contributed by atoms with Crippen LogP contribution in [0.2, 0.25) is 0 Å². The zero-order valence-corrected chi connectivity index (χ0v) is 21.2. The molecular weight excluding hydrogens is 440 g/mol. The van der Waals surface area contributed by atoms with Crippen LogP contribution in [0.5, 0.6) is 0 Å². The second-order valence-electron chi connectivity index (χ2n) is 11.8. The third-order valence-electron chi connectivity index (χ3n) is 9.28. The fraction of sp³-hybridized carbons (Fsp3) is 0.923. The predicted molar refractivity (Wildman–Crippen MR) is 127 cm³/mol. The highest BCUT2D eigenvalue weighted by molar-refractivity contribution is 5.10. The molecule has 0 radical (unpaired) electrons. The number of aliphatic hydroxyl groups excluding tert-OH is 5. The van der Waals surface area contributed by atoms with Crippen molar-refractivity contribution >= 4 is 0 Å². The van der Waals surface area contributed by atoms with Gasteiger partial charge in [-0.2, -0.15) is 0 Å². The van der Waals surface area contributed by atoms with Gasteiger partial charge in [0, 0.05) is 0 Å². The van der Waals surface area contributed by atoms with Gasteiger partial charge in [0.2, 0.25) is 0 Å². The molecular formula is C26H46O8. The first kappa shape index (κ1) is 28.0. The van der Waals surface area contributed by atoms with Crippen molar-refractivity contribution in [3.8, 4) is 0 Å². The van der Waals surface area contributed by atoms with Gasteiger partial charge >= 0.3 is 0 Å². The molecule has 8 nitrogen and oxygen atoms in total. The lowest BCUT2D eigenvalue weighted by atomic mass is 9.45. The first-order valence-corrected chi connectivity index (χ1v) is 12.8. The van der Waals surface area contributed by atoms with Crippen molar-refractivity contribution in [3.05, 3.63) is 11.6 Å². The summed E-state index contributed by atoms with van der Waals surface area (Å²) in [5.74, 6) is 0.402. The van der Waals surface area contributed by atoms with Gasteiger partial charge in [0.1, 0.15) is 24.4 Å². The van der Waals surface area contributed by atoms with Gasteiger partial charge in [0.25, 0.3) is 0 Å². The number of fused-ring (bicyclic) bond motifs is 1. The van der Waals surface area contributed by atoms with Crippen LogP contribution in [0, 0.1) is 22.7 Å². The van der Waals surface area contributed by atoms with E-state index in [-0.39, 0.29) is 23.4 Å². The quantitative estimate of drug-likeness (QED) is 0.284. The van der Waals surface area contributed by atoms with Gasteiger partial charge in [-0.1, -0.05) is 31.9 Å². The van der Waals surface area contributed by atoms with Crippen molar-refractivity contribution in [1.82, 2.24) is 0 Å². The molecule has 1 aliphatic heterocycles. The van der Waals surface area contributed by atoms with Crippen molar-refractivity contribution in [2.24, 2.45) is 22.7 Å². The molecule has 0 aromatic carbocycles. The highest BCUT2D eigenvalue weighted by Gasteiger charge is 2.59. The first-order chi connectivity index (χ1) is 15.9. The Bertz CT molecular complexity index is 709. The molecule has 1 heterocycles. The summed E-state index contributed by atoms with van der Waals surface area (Å²) in [6.07, 6.45) is 1.69. The van der Waals surface area contributed by atoms with Crippen LogP contribution >= 0.6 is 0 Å². The molecule has 0 spiro atoms. The summed E-state index contributed by atoms with van der Waals surface area (Å²) in [5, 5.41) is 60.6. The zero-order valence-electron chi connectivity index (χ0n) is 21.2. The highest BCUT2D eigenvalue weighted by atomic mass is 16.7. The standard InChI is InChI=1S/C26H46O8/c1-16(9-13-27)6-7-19-25(3)11-5-10-24(2,18(25)8-12-26(19,4)32)15-33-23-22(31)21(30)20(29)17(14-28)34-23/h9,17-23,27-32H,5-8,10-15H2,1-4H3. The lowest BCUT2D eigenvalue weighted by molar-refractivity contribution is -0.310. The van der Waals surface area contributed by atoms with E-state index in [2.05, 4.69) is 13.8 Å². The summed E-state index contributed by atoms with van der Waals surface area (Å²) >= 11 is 0. The van der Waals surface area contributed by atoms with Crippen LogP contribution in [-0.4, -0.2) is 86.8 Å². The normalized spacial score (nSPS) is 47.9. The lowest BCUT2D eigenvalue weighted by Gasteiger charge is -2.62. The van der Waals surface area contributed by atoms with E-state index in [0.29, 0.717) is 18.9 Å². The van der Waals surface area contributed by atoms with Gasteiger partial charge in [0.15, 0.2) is 6.29 Å². The van der Waals surface area contributed by atoms with Crippen LogP contribution in [0.25, 0.3) is 0 Å². The fourth-order valence-electron chi connectivity index (χ4n) is 7.36. The van der Waals surface area contributed by atoms with Gasteiger partial charge < -0.3 is 40.1 Å². The smallest absolute Gasteiger partial charge is 0.186 e. The van der Waals surface area contributed by atoms with Gasteiger partial charge in [0.05, 0.1) is 25.4 Å². The minimum atomic E-state index is -1.45. The average molecular weight is 487 g/mol. The molecule has 0 aromatic heterocycles. The van der Waals surface area contributed by atoms with E-state index in [1.807, 2.05) is 19.9 Å². The topological polar surface area (TPSA) is 140 Å². The van der Waals surface area contributed by atoms with Crippen molar-refractivity contribution in [2.75, 3.05) is 19.8 Å². The van der Waals surface area contributed by atoms with Crippen LogP contribution in [-0.2, 0) is 9.47 Å². The Morgan fingerprint density at radius 2 is 1.74 bits per heavy atom. The largest absolute Gasteiger partial charge is 0.394 e. The predicted octanol–water partition coefficient (Wildman–Crippen LogP) is 1.50. The molecule has 3 aliphatic rings. The van der Waals surface area contributed by atoms with Crippen LogP contribution in [0.4, 0.5) is 0 Å². The monoisotopic (exact) mass is 486 g/mol. The second-order valence-corrected chi connectivity index (χ2v) is 11.8. The molecule has 0 amide bonds. The molecule has 34 heavy (non-hydrogen) atoms. The molecule has 0 bridgehead atoms. The number of hydrogen-bond donors (Lipinski definition) is 6. The number of allylic oxidation sites excluding steroid dienone is 1. The Hall–Kier alpha value is -0.580. The van der Waals surface area contributed by atoms with Gasteiger partial charge in [-0.3, -0.25) is 0 Å². The van der Waals surface area contributed by atoms with Crippen LogP contribution in [0.15, 0.2) is 11.6 Å². The van der Waals surface area contributed by atoms with Crippen molar-refractivity contribution in [2.45, 2.75) is 109 Å². The molecule has 8 heteroatoms. The lowest BCUT2D eigenvalue weighted by Crippen LogP contribution is -2.61. The van der Waals surface area contributed by atoms with E-state index in [4.69, 9.17) is 9.47 Å². The Morgan fingerprint density at radius 3 is 2.38 bits per heavy atom. The van der Waals surface area contributed by atoms with Crippen LogP contribution < -0.4 is 0 Å². The Labute approximate surface area is 203 Å². The third-order valence-corrected chi connectivity index (χ3v) is 9.28. The number of hydrogen-bond acceptors (Lipinski definition) is 8. The number of ether oxygens (including phenoxy) is 2. The van der Waals surface area contributed by atoms with E-state index >= 15 is 0 Å². The van der Waals surface area contributed by atoms with E-state index in [9.17, 15) is 30.6 Å². The minimum Gasteiger partial charge on any atom is -0.394 e. The zero-order chi connectivity index (χ0) is 25.3. The molecule has 2 aliphatic carbocycles. The third kappa shape index (κ3) is 5.39. The maximum atomic E-state index is 11.4.